The molecule has 1 amide bonds. The third-order valence-corrected chi connectivity index (χ3v) is 5.46. The van der Waals surface area contributed by atoms with Crippen LogP contribution in [0.25, 0.3) is 0 Å². The van der Waals surface area contributed by atoms with Gasteiger partial charge in [-0.05, 0) is 30.2 Å². The van der Waals surface area contributed by atoms with E-state index >= 15 is 0 Å². The molecule has 3 heteroatoms. The molecule has 2 atom stereocenters. The van der Waals surface area contributed by atoms with Crippen LogP contribution >= 0.6 is 0 Å². The number of carbonyl (C=O) groups is 1. The lowest BCUT2D eigenvalue weighted by Gasteiger charge is -2.27. The van der Waals surface area contributed by atoms with Crippen molar-refractivity contribution >= 4 is 5.91 Å². The summed E-state index contributed by atoms with van der Waals surface area (Å²) in [5.74, 6) is 6.51. The molecule has 0 radical (unpaired) electrons. The first-order valence-electron chi connectivity index (χ1n) is 6.37. The average molecular weight is 228 g/mol. The SMILES string of the molecule is NNC(=O)C12C3CCCC1C32c1ccccc1. The second-order valence-corrected chi connectivity index (χ2v) is 5.61. The molecule has 0 bridgehead atoms. The topological polar surface area (TPSA) is 55.1 Å². The maximum atomic E-state index is 12.1. The van der Waals surface area contributed by atoms with Gasteiger partial charge in [0.25, 0.3) is 0 Å². The van der Waals surface area contributed by atoms with E-state index in [2.05, 4.69) is 29.7 Å². The molecule has 88 valence electrons. The van der Waals surface area contributed by atoms with Crippen LogP contribution in [0.1, 0.15) is 24.8 Å². The van der Waals surface area contributed by atoms with Gasteiger partial charge in [0, 0.05) is 5.41 Å². The predicted molar refractivity (Wildman–Crippen MR) is 63.7 cm³/mol. The molecule has 0 heterocycles. The van der Waals surface area contributed by atoms with E-state index in [-0.39, 0.29) is 16.7 Å². The van der Waals surface area contributed by atoms with Crippen molar-refractivity contribution in [2.75, 3.05) is 0 Å². The minimum absolute atomic E-state index is 0.0658. The van der Waals surface area contributed by atoms with Gasteiger partial charge >= 0.3 is 0 Å². The lowest BCUT2D eigenvalue weighted by atomic mass is 9.77. The number of hydrogen-bond donors (Lipinski definition) is 2. The highest BCUT2D eigenvalue weighted by Gasteiger charge is 3.00. The fourth-order valence-corrected chi connectivity index (χ4v) is 5.01. The molecule has 0 spiro atoms. The lowest BCUT2D eigenvalue weighted by molar-refractivity contribution is -0.126. The number of nitrogens with two attached hydrogens (primary N) is 1. The van der Waals surface area contributed by atoms with E-state index in [1.165, 1.54) is 24.8 Å². The van der Waals surface area contributed by atoms with Crippen molar-refractivity contribution in [2.45, 2.75) is 24.7 Å². The number of hydrazine groups is 1. The molecule has 1 aromatic carbocycles. The Morgan fingerprint density at radius 2 is 1.88 bits per heavy atom. The van der Waals surface area contributed by atoms with Crippen LogP contribution in [0.4, 0.5) is 0 Å². The highest BCUT2D eigenvalue weighted by molar-refractivity contribution is 5.97. The maximum Gasteiger partial charge on any atom is 0.241 e. The quantitative estimate of drug-likeness (QED) is 0.456. The molecule has 0 aliphatic heterocycles. The van der Waals surface area contributed by atoms with Gasteiger partial charge in [-0.15, -0.1) is 0 Å². The van der Waals surface area contributed by atoms with Crippen molar-refractivity contribution in [3.8, 4) is 0 Å². The summed E-state index contributed by atoms with van der Waals surface area (Å²) in [7, 11) is 0. The molecule has 3 saturated carbocycles. The third-order valence-electron chi connectivity index (χ3n) is 5.46. The number of hydrogen-bond acceptors (Lipinski definition) is 2. The smallest absolute Gasteiger partial charge is 0.241 e. The second kappa shape index (κ2) is 2.72. The van der Waals surface area contributed by atoms with Crippen molar-refractivity contribution in [3.05, 3.63) is 35.9 Å². The standard InChI is InChI=1S/C14H16N2O/c15-16-12(17)14-10-7-4-8-11(14)13(10,14)9-5-2-1-3-6-9/h1-3,5-6,10-11H,4,7-8,15H2,(H,16,17). The van der Waals surface area contributed by atoms with Gasteiger partial charge in [-0.2, -0.15) is 0 Å². The van der Waals surface area contributed by atoms with Crippen molar-refractivity contribution in [1.29, 1.82) is 0 Å². The Hall–Kier alpha value is -1.35. The Bertz CT molecular complexity index is 484. The van der Waals surface area contributed by atoms with Crippen LogP contribution in [0, 0.1) is 17.3 Å². The van der Waals surface area contributed by atoms with E-state index in [1.54, 1.807) is 0 Å². The molecular formula is C14H16N2O. The Kier molecular flexibility index (Phi) is 1.55. The van der Waals surface area contributed by atoms with Gasteiger partial charge in [0.05, 0.1) is 5.41 Å². The van der Waals surface area contributed by atoms with Crippen molar-refractivity contribution < 1.29 is 4.79 Å². The van der Waals surface area contributed by atoms with Gasteiger partial charge < -0.3 is 0 Å². The van der Waals surface area contributed by atoms with Crippen molar-refractivity contribution in [1.82, 2.24) is 5.43 Å². The molecule has 1 aromatic rings. The molecule has 0 aromatic heterocycles. The van der Waals surface area contributed by atoms with Crippen LogP contribution < -0.4 is 11.3 Å². The summed E-state index contributed by atoms with van der Waals surface area (Å²) in [6, 6.07) is 10.5. The fourth-order valence-electron chi connectivity index (χ4n) is 5.01. The number of amides is 1. The second-order valence-electron chi connectivity index (χ2n) is 5.61. The summed E-state index contributed by atoms with van der Waals surface area (Å²) in [6.45, 7) is 0. The van der Waals surface area contributed by atoms with Crippen molar-refractivity contribution in [2.24, 2.45) is 23.1 Å². The normalized spacial score (nSPS) is 44.8. The molecule has 3 aliphatic carbocycles. The van der Waals surface area contributed by atoms with Gasteiger partial charge in [0.1, 0.15) is 0 Å². The van der Waals surface area contributed by atoms with E-state index in [4.69, 9.17) is 5.84 Å². The molecular weight excluding hydrogens is 212 g/mol. The highest BCUT2D eigenvalue weighted by Crippen LogP contribution is 2.96. The number of rotatable bonds is 2. The molecule has 3 aliphatic rings. The van der Waals surface area contributed by atoms with E-state index in [1.807, 2.05) is 6.07 Å². The maximum absolute atomic E-state index is 12.1. The summed E-state index contributed by atoms with van der Waals surface area (Å²) >= 11 is 0. The summed E-state index contributed by atoms with van der Waals surface area (Å²) in [6.07, 6.45) is 3.63. The zero-order valence-corrected chi connectivity index (χ0v) is 9.65. The Morgan fingerprint density at radius 3 is 2.47 bits per heavy atom. The summed E-state index contributed by atoms with van der Waals surface area (Å²) in [5.41, 5.74) is 3.75. The molecule has 0 saturated heterocycles. The van der Waals surface area contributed by atoms with Crippen LogP contribution in [-0.4, -0.2) is 5.91 Å². The van der Waals surface area contributed by atoms with E-state index < -0.39 is 0 Å². The first-order valence-corrected chi connectivity index (χ1v) is 6.37. The lowest BCUT2D eigenvalue weighted by Crippen LogP contribution is -2.38. The molecule has 3 N–H and O–H groups in total. The van der Waals surface area contributed by atoms with Crippen LogP contribution in [0.2, 0.25) is 0 Å². The van der Waals surface area contributed by atoms with E-state index in [0.717, 1.165) is 0 Å². The third kappa shape index (κ3) is 0.757. The van der Waals surface area contributed by atoms with E-state index in [0.29, 0.717) is 11.8 Å². The minimum Gasteiger partial charge on any atom is -0.294 e. The summed E-state index contributed by atoms with van der Waals surface area (Å²) in [5, 5.41) is 0. The first kappa shape index (κ1) is 9.66. The molecule has 4 rings (SSSR count). The monoisotopic (exact) mass is 228 g/mol. The molecule has 3 fully saturated rings. The van der Waals surface area contributed by atoms with Crippen LogP contribution in [-0.2, 0) is 10.2 Å². The Labute approximate surface area is 100 Å². The first-order chi connectivity index (χ1) is 8.31. The van der Waals surface area contributed by atoms with Gasteiger partial charge in [-0.1, -0.05) is 36.8 Å². The molecule has 2 unspecified atom stereocenters. The summed E-state index contributed by atoms with van der Waals surface area (Å²) < 4.78 is 0. The Balaban J connectivity index is 1.80. The fraction of sp³-hybridized carbons (Fsp3) is 0.500. The van der Waals surface area contributed by atoms with Gasteiger partial charge in [0.2, 0.25) is 5.91 Å². The predicted octanol–water partition coefficient (Wildman–Crippen LogP) is 1.34. The number of benzene rings is 1. The van der Waals surface area contributed by atoms with Gasteiger partial charge in [-0.25, -0.2) is 5.84 Å². The van der Waals surface area contributed by atoms with Gasteiger partial charge in [0.15, 0.2) is 0 Å². The van der Waals surface area contributed by atoms with Crippen LogP contribution in [0.3, 0.4) is 0 Å². The molecule has 17 heavy (non-hydrogen) atoms. The largest absolute Gasteiger partial charge is 0.294 e. The van der Waals surface area contributed by atoms with Crippen LogP contribution in [0.5, 0.6) is 0 Å². The number of carbonyl (C=O) groups excluding carboxylic acids is 1. The summed E-state index contributed by atoms with van der Waals surface area (Å²) in [4.78, 5) is 12.1. The van der Waals surface area contributed by atoms with E-state index in [9.17, 15) is 4.79 Å². The number of nitrogens with one attached hydrogen (secondary N) is 1. The highest BCUT2D eigenvalue weighted by atomic mass is 16.2. The average Bonchev–Trinajstić information content (AvgIpc) is 3.26. The van der Waals surface area contributed by atoms with Crippen LogP contribution in [0.15, 0.2) is 30.3 Å². The molecule has 3 nitrogen and oxygen atoms in total. The van der Waals surface area contributed by atoms with Gasteiger partial charge in [-0.3, -0.25) is 10.2 Å². The zero-order chi connectivity index (χ0) is 11.7. The minimum atomic E-state index is -0.138. The zero-order valence-electron chi connectivity index (χ0n) is 9.65. The Morgan fingerprint density at radius 1 is 1.24 bits per heavy atom. The van der Waals surface area contributed by atoms with Crippen molar-refractivity contribution in [3.63, 3.8) is 0 Å². The number of fused-ring (bicyclic) bond motifs is 2.